The highest BCUT2D eigenvalue weighted by Gasteiger charge is 2.15. The molecule has 0 bridgehead atoms. The van der Waals surface area contributed by atoms with Crippen molar-refractivity contribution in [1.82, 2.24) is 9.55 Å². The van der Waals surface area contributed by atoms with Gasteiger partial charge in [0.1, 0.15) is 11.4 Å². The Labute approximate surface area is 188 Å². The summed E-state index contributed by atoms with van der Waals surface area (Å²) in [4.78, 5) is 30.5. The average Bonchev–Trinajstić information content (AvgIpc) is 3.12. The number of rotatable bonds is 4. The van der Waals surface area contributed by atoms with Crippen molar-refractivity contribution >= 4 is 72.3 Å². The fraction of sp³-hybridized carbons (Fsp3) is 0.0500. The molecule has 2 aromatic heterocycles. The maximum atomic E-state index is 13.0. The lowest BCUT2D eigenvalue weighted by Gasteiger charge is -2.09. The lowest BCUT2D eigenvalue weighted by molar-refractivity contribution is -0.116. The zero-order chi connectivity index (χ0) is 20.5. The number of nitrogens with zero attached hydrogens (tertiary/aromatic N) is 2. The number of carbonyl (C=O) groups excluding carboxylic acids is 1. The summed E-state index contributed by atoms with van der Waals surface area (Å²) >= 11 is 16.8. The van der Waals surface area contributed by atoms with Crippen LogP contribution in [0.5, 0.6) is 0 Å². The fourth-order valence-corrected chi connectivity index (χ4v) is 4.48. The lowest BCUT2D eigenvalue weighted by atomic mass is 10.1. The van der Waals surface area contributed by atoms with Crippen LogP contribution < -0.4 is 10.9 Å². The van der Waals surface area contributed by atoms with Crippen LogP contribution in [-0.2, 0) is 11.3 Å². The summed E-state index contributed by atoms with van der Waals surface area (Å²) in [6.07, 6.45) is 1.38. The number of halogens is 3. The second-order valence-electron chi connectivity index (χ2n) is 6.19. The summed E-state index contributed by atoms with van der Waals surface area (Å²) in [5.41, 5.74) is 1.86. The summed E-state index contributed by atoms with van der Waals surface area (Å²) in [7, 11) is 0. The van der Waals surface area contributed by atoms with Crippen LogP contribution in [0.3, 0.4) is 0 Å². The van der Waals surface area contributed by atoms with Crippen molar-refractivity contribution < 1.29 is 4.79 Å². The molecule has 0 saturated carbocycles. The molecule has 9 heteroatoms. The molecule has 1 N–H and O–H groups in total. The van der Waals surface area contributed by atoms with Gasteiger partial charge in [-0.2, -0.15) is 0 Å². The quantitative estimate of drug-likeness (QED) is 0.377. The largest absolute Gasteiger partial charge is 0.323 e. The Morgan fingerprint density at radius 3 is 2.66 bits per heavy atom. The van der Waals surface area contributed by atoms with Gasteiger partial charge in [0.25, 0.3) is 5.56 Å². The maximum absolute atomic E-state index is 13.0. The monoisotopic (exact) mass is 507 g/mol. The number of benzene rings is 2. The smallest absolute Gasteiger partial charge is 0.263 e. The van der Waals surface area contributed by atoms with Crippen molar-refractivity contribution in [3.63, 3.8) is 0 Å². The molecule has 5 nitrogen and oxygen atoms in total. The second-order valence-corrected chi connectivity index (χ2v) is 8.80. The minimum absolute atomic E-state index is 0.184. The van der Waals surface area contributed by atoms with E-state index in [1.165, 1.54) is 28.3 Å². The molecule has 4 rings (SSSR count). The molecule has 0 unspecified atom stereocenters. The number of aromatic nitrogens is 2. The van der Waals surface area contributed by atoms with E-state index in [2.05, 4.69) is 26.2 Å². The number of hydrogen-bond acceptors (Lipinski definition) is 4. The van der Waals surface area contributed by atoms with Crippen LogP contribution in [-0.4, -0.2) is 15.5 Å². The summed E-state index contributed by atoms with van der Waals surface area (Å²) in [5.74, 6) is -0.391. The Morgan fingerprint density at radius 1 is 1.17 bits per heavy atom. The van der Waals surface area contributed by atoms with Crippen molar-refractivity contribution in [2.45, 2.75) is 6.54 Å². The molecule has 1 amide bonds. The molecule has 2 heterocycles. The highest BCUT2D eigenvalue weighted by Crippen LogP contribution is 2.31. The number of amides is 1. The molecular formula is C20H12BrCl2N3O2S. The molecule has 0 aliphatic rings. The average molecular weight is 509 g/mol. The van der Waals surface area contributed by atoms with Crippen LogP contribution in [0.1, 0.15) is 0 Å². The zero-order valence-corrected chi connectivity index (χ0v) is 18.6. The maximum Gasteiger partial charge on any atom is 0.263 e. The predicted octanol–water partition coefficient (Wildman–Crippen LogP) is 5.83. The summed E-state index contributed by atoms with van der Waals surface area (Å²) in [6.45, 7) is -0.184. The Kier molecular flexibility index (Phi) is 5.74. The van der Waals surface area contributed by atoms with Gasteiger partial charge in [0.15, 0.2) is 0 Å². The Morgan fingerprint density at radius 2 is 1.93 bits per heavy atom. The van der Waals surface area contributed by atoms with E-state index in [0.29, 0.717) is 25.9 Å². The third kappa shape index (κ3) is 4.23. The molecule has 0 fully saturated rings. The fourth-order valence-electron chi connectivity index (χ4n) is 2.86. The van der Waals surface area contributed by atoms with E-state index in [9.17, 15) is 9.59 Å². The first-order chi connectivity index (χ1) is 13.9. The molecule has 2 aromatic carbocycles. The Bertz CT molecular complexity index is 1290. The van der Waals surface area contributed by atoms with Gasteiger partial charge in [-0.1, -0.05) is 51.3 Å². The molecule has 4 aromatic rings. The molecule has 0 spiro atoms. The number of carbonyl (C=O) groups is 1. The molecule has 0 aliphatic heterocycles. The van der Waals surface area contributed by atoms with E-state index < -0.39 is 5.91 Å². The first-order valence-corrected chi connectivity index (χ1v) is 10.8. The van der Waals surface area contributed by atoms with Crippen molar-refractivity contribution in [2.24, 2.45) is 0 Å². The summed E-state index contributed by atoms with van der Waals surface area (Å²) in [6, 6.07) is 12.5. The SMILES string of the molecule is O=C(Cn1cnc2scc(-c3ccc(Br)cc3)c2c1=O)Nc1ccc(Cl)cc1Cl. The molecule has 146 valence electrons. The summed E-state index contributed by atoms with van der Waals surface area (Å²) in [5, 5.41) is 5.88. The first kappa shape index (κ1) is 20.1. The molecular weight excluding hydrogens is 497 g/mol. The van der Waals surface area contributed by atoms with Crippen LogP contribution in [0.2, 0.25) is 10.0 Å². The van der Waals surface area contributed by atoms with E-state index in [1.54, 1.807) is 12.1 Å². The van der Waals surface area contributed by atoms with Crippen molar-refractivity contribution in [2.75, 3.05) is 5.32 Å². The van der Waals surface area contributed by atoms with Gasteiger partial charge in [-0.05, 0) is 35.9 Å². The Balaban J connectivity index is 1.65. The van der Waals surface area contributed by atoms with Gasteiger partial charge in [0.05, 0.1) is 22.4 Å². The van der Waals surface area contributed by atoms with Gasteiger partial charge in [0, 0.05) is 20.4 Å². The van der Waals surface area contributed by atoms with E-state index in [0.717, 1.165) is 15.6 Å². The van der Waals surface area contributed by atoms with Crippen LogP contribution in [0.4, 0.5) is 5.69 Å². The molecule has 0 saturated heterocycles. The van der Waals surface area contributed by atoms with E-state index in [4.69, 9.17) is 23.2 Å². The normalized spacial score (nSPS) is 11.0. The van der Waals surface area contributed by atoms with Gasteiger partial charge in [-0.3, -0.25) is 14.2 Å². The van der Waals surface area contributed by atoms with Gasteiger partial charge < -0.3 is 5.32 Å². The highest BCUT2D eigenvalue weighted by atomic mass is 79.9. The number of hydrogen-bond donors (Lipinski definition) is 1. The molecule has 0 radical (unpaired) electrons. The number of thiophene rings is 1. The lowest BCUT2D eigenvalue weighted by Crippen LogP contribution is -2.27. The number of anilines is 1. The molecule has 29 heavy (non-hydrogen) atoms. The van der Waals surface area contributed by atoms with Crippen LogP contribution in [0.15, 0.2) is 63.4 Å². The van der Waals surface area contributed by atoms with Gasteiger partial charge in [0.2, 0.25) is 5.91 Å². The third-order valence-electron chi connectivity index (χ3n) is 4.24. The first-order valence-electron chi connectivity index (χ1n) is 8.40. The van der Waals surface area contributed by atoms with Gasteiger partial charge in [-0.25, -0.2) is 4.98 Å². The predicted molar refractivity (Wildman–Crippen MR) is 122 cm³/mol. The topological polar surface area (TPSA) is 64.0 Å². The summed E-state index contributed by atoms with van der Waals surface area (Å²) < 4.78 is 2.24. The van der Waals surface area contributed by atoms with E-state index in [-0.39, 0.29) is 12.1 Å². The van der Waals surface area contributed by atoms with Crippen molar-refractivity contribution in [3.05, 3.63) is 79.0 Å². The standard InChI is InChI=1S/C20H12BrCl2N3O2S/c21-12-3-1-11(2-4-12)14-9-29-19-18(14)20(28)26(10-24-19)8-17(27)25-16-6-5-13(22)7-15(16)23/h1-7,9-10H,8H2,(H,25,27). The van der Waals surface area contributed by atoms with Crippen LogP contribution >= 0.6 is 50.5 Å². The van der Waals surface area contributed by atoms with E-state index >= 15 is 0 Å². The van der Waals surface area contributed by atoms with Crippen molar-refractivity contribution in [1.29, 1.82) is 0 Å². The Hall–Kier alpha value is -2.19. The molecule has 0 atom stereocenters. The third-order valence-corrected chi connectivity index (χ3v) is 6.20. The number of nitrogens with one attached hydrogen (secondary N) is 1. The van der Waals surface area contributed by atoms with Gasteiger partial charge in [-0.15, -0.1) is 11.3 Å². The van der Waals surface area contributed by atoms with Crippen LogP contribution in [0.25, 0.3) is 21.3 Å². The molecule has 0 aliphatic carbocycles. The second kappa shape index (κ2) is 8.28. The van der Waals surface area contributed by atoms with Crippen molar-refractivity contribution in [3.8, 4) is 11.1 Å². The van der Waals surface area contributed by atoms with Crippen LogP contribution in [0, 0.1) is 0 Å². The minimum atomic E-state index is -0.391. The number of fused-ring (bicyclic) bond motifs is 1. The highest BCUT2D eigenvalue weighted by molar-refractivity contribution is 9.10. The zero-order valence-electron chi connectivity index (χ0n) is 14.7. The van der Waals surface area contributed by atoms with Gasteiger partial charge >= 0.3 is 0 Å². The van der Waals surface area contributed by atoms with E-state index in [1.807, 2.05) is 29.6 Å². The minimum Gasteiger partial charge on any atom is -0.323 e.